The van der Waals surface area contributed by atoms with E-state index in [9.17, 15) is 4.79 Å². The monoisotopic (exact) mass is 209 g/mol. The molecule has 1 aliphatic rings. The van der Waals surface area contributed by atoms with E-state index in [0.29, 0.717) is 12.3 Å². The number of hydrogen-bond acceptors (Lipinski definition) is 2. The lowest BCUT2D eigenvalue weighted by atomic mass is 10.0. The highest BCUT2D eigenvalue weighted by molar-refractivity contribution is 5.75. The fourth-order valence-corrected chi connectivity index (χ4v) is 1.84. The summed E-state index contributed by atoms with van der Waals surface area (Å²) in [5, 5.41) is 11.5. The van der Waals surface area contributed by atoms with E-state index in [4.69, 9.17) is 5.26 Å². The van der Waals surface area contributed by atoms with Gasteiger partial charge in [-0.1, -0.05) is 13.8 Å². The van der Waals surface area contributed by atoms with Crippen LogP contribution in [0.1, 0.15) is 33.1 Å². The van der Waals surface area contributed by atoms with Crippen LogP contribution < -0.4 is 5.32 Å². The maximum Gasteiger partial charge on any atom is 0.318 e. The molecule has 0 aliphatic carbocycles. The number of carbonyl (C=O) groups excluding carboxylic acids is 1. The lowest BCUT2D eigenvalue weighted by Gasteiger charge is -2.31. The quantitative estimate of drug-likeness (QED) is 0.753. The Labute approximate surface area is 91.2 Å². The van der Waals surface area contributed by atoms with E-state index in [1.807, 2.05) is 11.8 Å². The van der Waals surface area contributed by atoms with Crippen LogP contribution in [0.3, 0.4) is 0 Å². The minimum Gasteiger partial charge on any atom is -0.325 e. The molecule has 1 rings (SSSR count). The average Bonchev–Trinajstić information content (AvgIpc) is 2.25. The van der Waals surface area contributed by atoms with Crippen LogP contribution in [0.2, 0.25) is 0 Å². The Morgan fingerprint density at radius 3 is 3.00 bits per heavy atom. The first-order valence-corrected chi connectivity index (χ1v) is 5.62. The molecule has 2 unspecified atom stereocenters. The summed E-state index contributed by atoms with van der Waals surface area (Å²) >= 11 is 0. The lowest BCUT2D eigenvalue weighted by Crippen LogP contribution is -2.47. The number of nitriles is 1. The number of nitrogens with one attached hydrogen (secondary N) is 1. The summed E-state index contributed by atoms with van der Waals surface area (Å²) in [5.74, 6) is 0.576. The standard InChI is InChI=1S/C11H19N3O/c1-3-10(7-12)13-11(15)14-6-4-5-9(2)8-14/h9-10H,3-6,8H2,1-2H3,(H,13,15). The highest BCUT2D eigenvalue weighted by Gasteiger charge is 2.22. The van der Waals surface area contributed by atoms with Crippen molar-refractivity contribution in [2.24, 2.45) is 5.92 Å². The number of hydrogen-bond donors (Lipinski definition) is 1. The third-order valence-electron chi connectivity index (χ3n) is 2.81. The van der Waals surface area contributed by atoms with Crippen LogP contribution in [0.25, 0.3) is 0 Å². The van der Waals surface area contributed by atoms with E-state index in [1.165, 1.54) is 6.42 Å². The summed E-state index contributed by atoms with van der Waals surface area (Å²) in [7, 11) is 0. The van der Waals surface area contributed by atoms with E-state index in [2.05, 4.69) is 18.3 Å². The van der Waals surface area contributed by atoms with Crippen LogP contribution >= 0.6 is 0 Å². The van der Waals surface area contributed by atoms with Crippen LogP contribution in [-0.2, 0) is 0 Å². The Hall–Kier alpha value is -1.24. The first-order valence-electron chi connectivity index (χ1n) is 5.62. The number of urea groups is 1. The third kappa shape index (κ3) is 3.43. The van der Waals surface area contributed by atoms with E-state index in [1.54, 1.807) is 0 Å². The first-order chi connectivity index (χ1) is 7.17. The molecule has 0 spiro atoms. The maximum atomic E-state index is 11.7. The highest BCUT2D eigenvalue weighted by atomic mass is 16.2. The van der Waals surface area contributed by atoms with Gasteiger partial charge in [-0.05, 0) is 25.2 Å². The summed E-state index contributed by atoms with van der Waals surface area (Å²) in [5.41, 5.74) is 0. The first kappa shape index (κ1) is 11.8. The minimum absolute atomic E-state index is 0.0880. The summed E-state index contributed by atoms with van der Waals surface area (Å²) in [4.78, 5) is 13.5. The molecule has 84 valence electrons. The lowest BCUT2D eigenvalue weighted by molar-refractivity contribution is 0.168. The Bertz CT molecular complexity index is 259. The van der Waals surface area contributed by atoms with Crippen molar-refractivity contribution in [1.29, 1.82) is 5.26 Å². The number of nitrogens with zero attached hydrogens (tertiary/aromatic N) is 2. The minimum atomic E-state index is -0.352. The molecule has 0 saturated carbocycles. The zero-order chi connectivity index (χ0) is 11.3. The van der Waals surface area contributed by atoms with Crippen LogP contribution in [0, 0.1) is 17.2 Å². The van der Waals surface area contributed by atoms with Crippen molar-refractivity contribution >= 4 is 6.03 Å². The largest absolute Gasteiger partial charge is 0.325 e. The van der Waals surface area contributed by atoms with Gasteiger partial charge in [-0.15, -0.1) is 0 Å². The number of carbonyl (C=O) groups is 1. The van der Waals surface area contributed by atoms with Crippen LogP contribution in [-0.4, -0.2) is 30.1 Å². The van der Waals surface area contributed by atoms with Gasteiger partial charge in [0, 0.05) is 13.1 Å². The Balaban J connectivity index is 2.42. The topological polar surface area (TPSA) is 56.1 Å². The number of rotatable bonds is 2. The molecule has 0 radical (unpaired) electrons. The Kier molecular flexibility index (Phi) is 4.41. The molecule has 2 atom stereocenters. The van der Waals surface area contributed by atoms with Gasteiger partial charge in [-0.2, -0.15) is 5.26 Å². The smallest absolute Gasteiger partial charge is 0.318 e. The van der Waals surface area contributed by atoms with Crippen molar-refractivity contribution in [3.8, 4) is 6.07 Å². The third-order valence-corrected chi connectivity index (χ3v) is 2.81. The van der Waals surface area contributed by atoms with Gasteiger partial charge in [0.2, 0.25) is 0 Å². The zero-order valence-corrected chi connectivity index (χ0v) is 9.49. The fraction of sp³-hybridized carbons (Fsp3) is 0.818. The summed E-state index contributed by atoms with van der Waals surface area (Å²) < 4.78 is 0. The summed E-state index contributed by atoms with van der Waals surface area (Å²) in [6, 6.07) is 1.63. The number of amides is 2. The van der Waals surface area contributed by atoms with Gasteiger partial charge in [0.15, 0.2) is 0 Å². The number of likely N-dealkylation sites (tertiary alicyclic amines) is 1. The molecular formula is C11H19N3O. The van der Waals surface area contributed by atoms with Gasteiger partial charge < -0.3 is 10.2 Å². The maximum absolute atomic E-state index is 11.7. The average molecular weight is 209 g/mol. The molecule has 0 aromatic heterocycles. The Morgan fingerprint density at radius 2 is 2.47 bits per heavy atom. The molecule has 4 nitrogen and oxygen atoms in total. The van der Waals surface area contributed by atoms with Gasteiger partial charge in [-0.25, -0.2) is 4.79 Å². The molecule has 0 bridgehead atoms. The molecule has 0 aromatic carbocycles. The summed E-state index contributed by atoms with van der Waals surface area (Å²) in [6.07, 6.45) is 2.92. The molecule has 1 aliphatic heterocycles. The molecule has 15 heavy (non-hydrogen) atoms. The van der Waals surface area contributed by atoms with E-state index in [0.717, 1.165) is 19.5 Å². The van der Waals surface area contributed by atoms with Gasteiger partial charge >= 0.3 is 6.03 Å². The molecule has 1 fully saturated rings. The van der Waals surface area contributed by atoms with Crippen molar-refractivity contribution in [2.45, 2.75) is 39.2 Å². The van der Waals surface area contributed by atoms with Gasteiger partial charge in [-0.3, -0.25) is 0 Å². The van der Waals surface area contributed by atoms with Gasteiger partial charge in [0.25, 0.3) is 0 Å². The van der Waals surface area contributed by atoms with Crippen LogP contribution in [0.4, 0.5) is 4.79 Å². The summed E-state index contributed by atoms with van der Waals surface area (Å²) in [6.45, 7) is 5.68. The van der Waals surface area contributed by atoms with Crippen molar-refractivity contribution in [2.75, 3.05) is 13.1 Å². The van der Waals surface area contributed by atoms with E-state index < -0.39 is 0 Å². The second-order valence-electron chi connectivity index (χ2n) is 4.23. The van der Waals surface area contributed by atoms with Crippen LogP contribution in [0.5, 0.6) is 0 Å². The van der Waals surface area contributed by atoms with Crippen molar-refractivity contribution in [3.63, 3.8) is 0 Å². The number of piperidine rings is 1. The molecule has 1 saturated heterocycles. The SMILES string of the molecule is CCC(C#N)NC(=O)N1CCCC(C)C1. The second kappa shape index (κ2) is 5.59. The van der Waals surface area contributed by atoms with Gasteiger partial charge in [0.05, 0.1) is 6.07 Å². The second-order valence-corrected chi connectivity index (χ2v) is 4.23. The molecule has 1 N–H and O–H groups in total. The molecule has 2 amide bonds. The highest BCUT2D eigenvalue weighted by Crippen LogP contribution is 2.15. The van der Waals surface area contributed by atoms with E-state index >= 15 is 0 Å². The predicted molar refractivity (Wildman–Crippen MR) is 58.2 cm³/mol. The fourth-order valence-electron chi connectivity index (χ4n) is 1.84. The molecule has 1 heterocycles. The van der Waals surface area contributed by atoms with Crippen molar-refractivity contribution < 1.29 is 4.79 Å². The molecule has 0 aromatic rings. The predicted octanol–water partition coefficient (Wildman–Crippen LogP) is 1.73. The van der Waals surface area contributed by atoms with Crippen molar-refractivity contribution in [3.05, 3.63) is 0 Å². The zero-order valence-electron chi connectivity index (χ0n) is 9.49. The normalized spacial score (nSPS) is 23.0. The van der Waals surface area contributed by atoms with E-state index in [-0.39, 0.29) is 12.1 Å². The van der Waals surface area contributed by atoms with Gasteiger partial charge in [0.1, 0.15) is 6.04 Å². The van der Waals surface area contributed by atoms with Crippen LogP contribution in [0.15, 0.2) is 0 Å². The molecule has 4 heteroatoms. The molecular weight excluding hydrogens is 190 g/mol. The Morgan fingerprint density at radius 1 is 1.73 bits per heavy atom. The van der Waals surface area contributed by atoms with Crippen molar-refractivity contribution in [1.82, 2.24) is 10.2 Å².